The molecule has 122 valence electrons. The number of hydrogen-bond donors (Lipinski definition) is 2. The van der Waals surface area contributed by atoms with Gasteiger partial charge in [0.1, 0.15) is 5.75 Å². The Morgan fingerprint density at radius 3 is 3.04 bits per heavy atom. The SMILES string of the molecule is COc1cccc(CNC(=O)Nc2nc3c(s2)CCCCC3)c1. The standard InChI is InChI=1S/C17H21N3O2S/c1-22-13-7-5-6-12(10-13)11-18-16(21)20-17-19-14-8-3-2-4-9-15(14)23-17/h5-7,10H,2-4,8-9,11H2,1H3,(H2,18,19,20,21). The maximum Gasteiger partial charge on any atom is 0.321 e. The lowest BCUT2D eigenvalue weighted by atomic mass is 10.2. The molecule has 1 heterocycles. The second-order valence-corrected chi connectivity index (χ2v) is 6.69. The third-order valence-corrected chi connectivity index (χ3v) is 4.98. The number of urea groups is 1. The van der Waals surface area contributed by atoms with Gasteiger partial charge in [-0.3, -0.25) is 5.32 Å². The number of fused-ring (bicyclic) bond motifs is 1. The van der Waals surface area contributed by atoms with E-state index >= 15 is 0 Å². The van der Waals surface area contributed by atoms with Crippen molar-refractivity contribution >= 4 is 22.5 Å². The monoisotopic (exact) mass is 331 g/mol. The zero-order chi connectivity index (χ0) is 16.1. The first-order valence-corrected chi connectivity index (χ1v) is 8.72. The summed E-state index contributed by atoms with van der Waals surface area (Å²) in [6, 6.07) is 7.43. The lowest BCUT2D eigenvalue weighted by molar-refractivity contribution is 0.251. The summed E-state index contributed by atoms with van der Waals surface area (Å²) in [5.74, 6) is 0.786. The fourth-order valence-corrected chi connectivity index (χ4v) is 3.73. The molecule has 0 fully saturated rings. The summed E-state index contributed by atoms with van der Waals surface area (Å²) in [4.78, 5) is 17.9. The molecular formula is C17H21N3O2S. The smallest absolute Gasteiger partial charge is 0.321 e. The second-order valence-electron chi connectivity index (χ2n) is 5.61. The Kier molecular flexibility index (Phi) is 5.12. The van der Waals surface area contributed by atoms with Gasteiger partial charge < -0.3 is 10.1 Å². The van der Waals surface area contributed by atoms with Gasteiger partial charge in [0.05, 0.1) is 12.8 Å². The number of rotatable bonds is 4. The van der Waals surface area contributed by atoms with E-state index in [1.54, 1.807) is 18.4 Å². The Balaban J connectivity index is 1.55. The number of nitrogens with zero attached hydrogens (tertiary/aromatic N) is 1. The lowest BCUT2D eigenvalue weighted by Crippen LogP contribution is -2.28. The van der Waals surface area contributed by atoms with Crippen LogP contribution in [0.3, 0.4) is 0 Å². The molecule has 1 aromatic heterocycles. The van der Waals surface area contributed by atoms with E-state index in [1.807, 2.05) is 24.3 Å². The third-order valence-electron chi connectivity index (χ3n) is 3.90. The fraction of sp³-hybridized carbons (Fsp3) is 0.412. The molecule has 0 bridgehead atoms. The van der Waals surface area contributed by atoms with E-state index in [1.165, 1.54) is 24.1 Å². The van der Waals surface area contributed by atoms with E-state index in [4.69, 9.17) is 4.74 Å². The molecule has 0 saturated carbocycles. The summed E-state index contributed by atoms with van der Waals surface area (Å²) >= 11 is 1.60. The normalized spacial score (nSPS) is 13.8. The lowest BCUT2D eigenvalue weighted by Gasteiger charge is -2.07. The number of nitrogens with one attached hydrogen (secondary N) is 2. The van der Waals surface area contributed by atoms with E-state index in [0.29, 0.717) is 11.7 Å². The molecule has 1 aliphatic rings. The van der Waals surface area contributed by atoms with Gasteiger partial charge in [-0.2, -0.15) is 0 Å². The Bertz CT molecular complexity index is 661. The van der Waals surface area contributed by atoms with Gasteiger partial charge in [-0.1, -0.05) is 18.6 Å². The molecule has 0 radical (unpaired) electrons. The maximum absolute atomic E-state index is 12.0. The van der Waals surface area contributed by atoms with E-state index in [0.717, 1.165) is 29.8 Å². The minimum absolute atomic E-state index is 0.225. The van der Waals surface area contributed by atoms with Gasteiger partial charge >= 0.3 is 6.03 Å². The average Bonchev–Trinajstić information content (AvgIpc) is 2.81. The summed E-state index contributed by atoms with van der Waals surface area (Å²) in [5, 5.41) is 6.39. The molecule has 2 aromatic rings. The van der Waals surface area contributed by atoms with Crippen LogP contribution < -0.4 is 15.4 Å². The van der Waals surface area contributed by atoms with Crippen LogP contribution in [-0.4, -0.2) is 18.1 Å². The van der Waals surface area contributed by atoms with Crippen molar-refractivity contribution in [3.05, 3.63) is 40.4 Å². The number of aromatic nitrogens is 1. The molecule has 1 aromatic carbocycles. The minimum atomic E-state index is -0.225. The highest BCUT2D eigenvalue weighted by atomic mass is 32.1. The number of anilines is 1. The van der Waals surface area contributed by atoms with Crippen LogP contribution in [0, 0.1) is 0 Å². The Hall–Kier alpha value is -2.08. The van der Waals surface area contributed by atoms with Crippen LogP contribution in [0.1, 0.15) is 35.4 Å². The number of carbonyl (C=O) groups is 1. The van der Waals surface area contributed by atoms with Gasteiger partial charge in [0.15, 0.2) is 5.13 Å². The number of amides is 2. The largest absolute Gasteiger partial charge is 0.497 e. The maximum atomic E-state index is 12.0. The van der Waals surface area contributed by atoms with Crippen LogP contribution in [-0.2, 0) is 19.4 Å². The molecule has 0 aliphatic heterocycles. The Morgan fingerprint density at radius 2 is 2.17 bits per heavy atom. The summed E-state index contributed by atoms with van der Waals surface area (Å²) in [7, 11) is 1.63. The predicted molar refractivity (Wildman–Crippen MR) is 92.2 cm³/mol. The number of methoxy groups -OCH3 is 1. The highest BCUT2D eigenvalue weighted by Crippen LogP contribution is 2.28. The molecule has 2 amide bonds. The van der Waals surface area contributed by atoms with Gasteiger partial charge in [-0.15, -0.1) is 11.3 Å². The van der Waals surface area contributed by atoms with Crippen molar-refractivity contribution in [1.82, 2.24) is 10.3 Å². The number of aryl methyl sites for hydroxylation is 2. The number of hydrogen-bond acceptors (Lipinski definition) is 4. The highest BCUT2D eigenvalue weighted by molar-refractivity contribution is 7.15. The molecule has 5 nitrogen and oxygen atoms in total. The Morgan fingerprint density at radius 1 is 1.30 bits per heavy atom. The molecule has 1 aliphatic carbocycles. The van der Waals surface area contributed by atoms with E-state index in [9.17, 15) is 4.79 Å². The van der Waals surface area contributed by atoms with Crippen molar-refractivity contribution in [1.29, 1.82) is 0 Å². The van der Waals surface area contributed by atoms with Crippen LogP contribution in [0.25, 0.3) is 0 Å². The number of carbonyl (C=O) groups excluding carboxylic acids is 1. The molecule has 2 N–H and O–H groups in total. The van der Waals surface area contributed by atoms with Crippen molar-refractivity contribution in [2.45, 2.75) is 38.6 Å². The van der Waals surface area contributed by atoms with Crippen LogP contribution in [0.15, 0.2) is 24.3 Å². The highest BCUT2D eigenvalue weighted by Gasteiger charge is 2.15. The van der Waals surface area contributed by atoms with Crippen molar-refractivity contribution in [3.8, 4) is 5.75 Å². The number of benzene rings is 1. The van der Waals surface area contributed by atoms with Gasteiger partial charge in [0.25, 0.3) is 0 Å². The summed E-state index contributed by atoms with van der Waals surface area (Å²) < 4.78 is 5.18. The predicted octanol–water partition coefficient (Wildman–Crippen LogP) is 3.74. The third kappa shape index (κ3) is 4.22. The number of thiazole rings is 1. The van der Waals surface area contributed by atoms with Gasteiger partial charge in [-0.25, -0.2) is 9.78 Å². The molecule has 3 rings (SSSR count). The topological polar surface area (TPSA) is 63.2 Å². The molecule has 0 atom stereocenters. The first-order valence-electron chi connectivity index (χ1n) is 7.91. The second kappa shape index (κ2) is 7.46. The first-order chi connectivity index (χ1) is 11.2. The quantitative estimate of drug-likeness (QED) is 0.839. The molecule has 0 unspecified atom stereocenters. The van der Waals surface area contributed by atoms with Crippen molar-refractivity contribution in [2.24, 2.45) is 0 Å². The zero-order valence-electron chi connectivity index (χ0n) is 13.2. The number of ether oxygens (including phenoxy) is 1. The summed E-state index contributed by atoms with van der Waals surface area (Å²) in [6.07, 6.45) is 5.79. The molecule has 0 saturated heterocycles. The fourth-order valence-electron chi connectivity index (χ4n) is 2.69. The van der Waals surface area contributed by atoms with Crippen molar-refractivity contribution in [2.75, 3.05) is 12.4 Å². The molecule has 6 heteroatoms. The van der Waals surface area contributed by atoms with Gasteiger partial charge in [-0.05, 0) is 43.4 Å². The minimum Gasteiger partial charge on any atom is -0.497 e. The summed E-state index contributed by atoms with van der Waals surface area (Å²) in [6.45, 7) is 0.453. The molecule has 23 heavy (non-hydrogen) atoms. The summed E-state index contributed by atoms with van der Waals surface area (Å²) in [5.41, 5.74) is 2.16. The molecule has 0 spiro atoms. The van der Waals surface area contributed by atoms with Crippen LogP contribution >= 0.6 is 11.3 Å². The van der Waals surface area contributed by atoms with Crippen LogP contribution in [0.5, 0.6) is 5.75 Å². The van der Waals surface area contributed by atoms with Gasteiger partial charge in [0, 0.05) is 11.4 Å². The van der Waals surface area contributed by atoms with Crippen molar-refractivity contribution in [3.63, 3.8) is 0 Å². The van der Waals surface area contributed by atoms with Crippen LogP contribution in [0.4, 0.5) is 9.93 Å². The molecular weight excluding hydrogens is 310 g/mol. The van der Waals surface area contributed by atoms with E-state index in [-0.39, 0.29) is 6.03 Å². The first kappa shape index (κ1) is 15.8. The van der Waals surface area contributed by atoms with E-state index in [2.05, 4.69) is 15.6 Å². The van der Waals surface area contributed by atoms with Gasteiger partial charge in [0.2, 0.25) is 0 Å². The Labute approximate surface area is 140 Å². The van der Waals surface area contributed by atoms with Crippen LogP contribution in [0.2, 0.25) is 0 Å². The van der Waals surface area contributed by atoms with Crippen molar-refractivity contribution < 1.29 is 9.53 Å². The average molecular weight is 331 g/mol. The zero-order valence-corrected chi connectivity index (χ0v) is 14.0. The van der Waals surface area contributed by atoms with E-state index < -0.39 is 0 Å².